The van der Waals surface area contributed by atoms with Crippen LogP contribution in [0.2, 0.25) is 0 Å². The predicted octanol–water partition coefficient (Wildman–Crippen LogP) is 3.61. The van der Waals surface area contributed by atoms with Gasteiger partial charge in [-0.1, -0.05) is 6.07 Å². The molecule has 0 aromatic heterocycles. The van der Waals surface area contributed by atoms with Gasteiger partial charge in [-0.3, -0.25) is 0 Å². The molecule has 5 heteroatoms. The number of hydrogen-bond acceptors (Lipinski definition) is 2. The Hall–Kier alpha value is -0.840. The van der Waals surface area contributed by atoms with Crippen LogP contribution in [0.1, 0.15) is 12.0 Å². The number of halogens is 3. The van der Waals surface area contributed by atoms with Gasteiger partial charge in [0.15, 0.2) is 0 Å². The molecule has 2 rings (SSSR count). The van der Waals surface area contributed by atoms with E-state index in [9.17, 15) is 13.2 Å². The van der Waals surface area contributed by atoms with E-state index in [1.807, 2.05) is 0 Å². The summed E-state index contributed by atoms with van der Waals surface area (Å²) in [7, 11) is 0. The first kappa shape index (κ1) is 10.7. The quantitative estimate of drug-likeness (QED) is 0.734. The Labute approximate surface area is 90.1 Å². The molecule has 1 nitrogen and oxygen atoms in total. The zero-order valence-corrected chi connectivity index (χ0v) is 8.71. The van der Waals surface area contributed by atoms with Crippen LogP contribution in [0.4, 0.5) is 18.9 Å². The summed E-state index contributed by atoms with van der Waals surface area (Å²) in [6, 6.07) is 4.31. The van der Waals surface area contributed by atoms with Crippen LogP contribution in [0.5, 0.6) is 0 Å². The highest BCUT2D eigenvalue weighted by molar-refractivity contribution is 7.99. The summed E-state index contributed by atoms with van der Waals surface area (Å²) in [5.41, 5.74) is -0.318. The fourth-order valence-electron chi connectivity index (χ4n) is 1.54. The van der Waals surface area contributed by atoms with E-state index in [1.165, 1.54) is 17.8 Å². The van der Waals surface area contributed by atoms with Crippen LogP contribution in [0.3, 0.4) is 0 Å². The lowest BCUT2D eigenvalue weighted by molar-refractivity contribution is -0.137. The number of anilines is 1. The van der Waals surface area contributed by atoms with Crippen molar-refractivity contribution in [2.24, 2.45) is 0 Å². The summed E-state index contributed by atoms with van der Waals surface area (Å²) in [6.07, 6.45) is -3.39. The standard InChI is InChI=1S/C10H10F3NS/c11-10(12,13)7-3-1-4-8-9(7)14-5-2-6-15-8/h1,3-4,14H,2,5-6H2. The van der Waals surface area contributed by atoms with Crippen LogP contribution in [-0.2, 0) is 6.18 Å². The molecular weight excluding hydrogens is 223 g/mol. The number of alkyl halides is 3. The normalized spacial score (nSPS) is 16.5. The van der Waals surface area contributed by atoms with E-state index >= 15 is 0 Å². The van der Waals surface area contributed by atoms with Gasteiger partial charge in [-0.15, -0.1) is 11.8 Å². The number of para-hydroxylation sites is 1. The first-order chi connectivity index (χ1) is 7.09. The van der Waals surface area contributed by atoms with Crippen molar-refractivity contribution in [2.75, 3.05) is 17.6 Å². The molecule has 0 unspecified atom stereocenters. The van der Waals surface area contributed by atoms with Crippen molar-refractivity contribution in [3.8, 4) is 0 Å². The van der Waals surface area contributed by atoms with Crippen molar-refractivity contribution in [1.82, 2.24) is 0 Å². The number of nitrogens with one attached hydrogen (secondary N) is 1. The van der Waals surface area contributed by atoms with E-state index in [0.717, 1.165) is 18.2 Å². The van der Waals surface area contributed by atoms with Gasteiger partial charge in [-0.25, -0.2) is 0 Å². The Kier molecular flexibility index (Phi) is 2.82. The van der Waals surface area contributed by atoms with Gasteiger partial charge >= 0.3 is 6.18 Å². The van der Waals surface area contributed by atoms with Gasteiger partial charge in [0.1, 0.15) is 0 Å². The first-order valence-corrected chi connectivity index (χ1v) is 5.64. The van der Waals surface area contributed by atoms with Crippen LogP contribution in [0.15, 0.2) is 23.1 Å². The lowest BCUT2D eigenvalue weighted by Crippen LogP contribution is -2.11. The van der Waals surface area contributed by atoms with Crippen LogP contribution >= 0.6 is 11.8 Å². The predicted molar refractivity (Wildman–Crippen MR) is 55.3 cm³/mol. The Morgan fingerprint density at radius 1 is 1.27 bits per heavy atom. The largest absolute Gasteiger partial charge is 0.418 e. The molecule has 1 aliphatic heterocycles. The van der Waals surface area contributed by atoms with Crippen molar-refractivity contribution in [1.29, 1.82) is 0 Å². The highest BCUT2D eigenvalue weighted by atomic mass is 32.2. The van der Waals surface area contributed by atoms with E-state index in [2.05, 4.69) is 5.32 Å². The van der Waals surface area contributed by atoms with E-state index in [1.54, 1.807) is 6.07 Å². The monoisotopic (exact) mass is 233 g/mol. The molecule has 0 bridgehead atoms. The van der Waals surface area contributed by atoms with Gasteiger partial charge in [0, 0.05) is 11.4 Å². The summed E-state index contributed by atoms with van der Waals surface area (Å²) in [4.78, 5) is 0.697. The molecule has 0 spiro atoms. The van der Waals surface area contributed by atoms with Crippen LogP contribution in [0, 0.1) is 0 Å². The molecule has 82 valence electrons. The molecule has 1 N–H and O–H groups in total. The van der Waals surface area contributed by atoms with E-state index < -0.39 is 11.7 Å². The Balaban J connectivity index is 2.48. The number of rotatable bonds is 0. The SMILES string of the molecule is FC(F)(F)c1cccc2c1NCCCS2. The van der Waals surface area contributed by atoms with Crippen molar-refractivity contribution >= 4 is 17.4 Å². The molecule has 1 aliphatic rings. The third-order valence-electron chi connectivity index (χ3n) is 2.21. The average Bonchev–Trinajstić information content (AvgIpc) is 2.39. The van der Waals surface area contributed by atoms with Gasteiger partial charge < -0.3 is 5.32 Å². The second kappa shape index (κ2) is 3.96. The average molecular weight is 233 g/mol. The third kappa shape index (κ3) is 2.22. The maximum atomic E-state index is 12.7. The maximum Gasteiger partial charge on any atom is 0.418 e. The smallest absolute Gasteiger partial charge is 0.384 e. The van der Waals surface area contributed by atoms with E-state index in [-0.39, 0.29) is 5.69 Å². The van der Waals surface area contributed by atoms with Crippen molar-refractivity contribution < 1.29 is 13.2 Å². The molecule has 0 radical (unpaired) electrons. The van der Waals surface area contributed by atoms with Gasteiger partial charge in [-0.05, 0) is 24.3 Å². The number of thioether (sulfide) groups is 1. The summed E-state index contributed by atoms with van der Waals surface area (Å²) in [5, 5.41) is 2.86. The molecular formula is C10H10F3NS. The fourth-order valence-corrected chi connectivity index (χ4v) is 2.55. The maximum absolute atomic E-state index is 12.7. The molecule has 1 heterocycles. The zero-order valence-electron chi connectivity index (χ0n) is 7.90. The second-order valence-corrected chi connectivity index (χ2v) is 4.44. The van der Waals surface area contributed by atoms with Crippen molar-refractivity contribution in [3.63, 3.8) is 0 Å². The third-order valence-corrected chi connectivity index (χ3v) is 3.36. The van der Waals surface area contributed by atoms with Crippen LogP contribution in [0.25, 0.3) is 0 Å². The minimum absolute atomic E-state index is 0.243. The van der Waals surface area contributed by atoms with E-state index in [0.29, 0.717) is 11.4 Å². The topological polar surface area (TPSA) is 12.0 Å². The van der Waals surface area contributed by atoms with Crippen molar-refractivity contribution in [2.45, 2.75) is 17.5 Å². The molecule has 0 saturated carbocycles. The lowest BCUT2D eigenvalue weighted by atomic mass is 10.1. The number of hydrogen-bond donors (Lipinski definition) is 1. The summed E-state index contributed by atoms with van der Waals surface area (Å²) >= 11 is 1.48. The van der Waals surface area contributed by atoms with Gasteiger partial charge in [0.05, 0.1) is 11.3 Å². The number of fused-ring (bicyclic) bond motifs is 1. The molecule has 15 heavy (non-hydrogen) atoms. The zero-order chi connectivity index (χ0) is 10.9. The van der Waals surface area contributed by atoms with Gasteiger partial charge in [-0.2, -0.15) is 13.2 Å². The summed E-state index contributed by atoms with van der Waals surface area (Å²) < 4.78 is 38.0. The molecule has 1 aromatic rings. The molecule has 0 atom stereocenters. The Morgan fingerprint density at radius 2 is 2.07 bits per heavy atom. The second-order valence-electron chi connectivity index (χ2n) is 3.31. The Bertz CT molecular complexity index is 362. The Morgan fingerprint density at radius 3 is 2.80 bits per heavy atom. The summed E-state index contributed by atoms with van der Waals surface area (Å²) in [5.74, 6) is 0.862. The van der Waals surface area contributed by atoms with Gasteiger partial charge in [0.25, 0.3) is 0 Å². The van der Waals surface area contributed by atoms with Crippen molar-refractivity contribution in [3.05, 3.63) is 23.8 Å². The van der Waals surface area contributed by atoms with Gasteiger partial charge in [0.2, 0.25) is 0 Å². The lowest BCUT2D eigenvalue weighted by Gasteiger charge is -2.15. The van der Waals surface area contributed by atoms with Crippen LogP contribution < -0.4 is 5.32 Å². The molecule has 1 aromatic carbocycles. The highest BCUT2D eigenvalue weighted by Gasteiger charge is 2.34. The highest BCUT2D eigenvalue weighted by Crippen LogP contribution is 2.41. The minimum Gasteiger partial charge on any atom is -0.384 e. The molecule has 0 amide bonds. The summed E-state index contributed by atoms with van der Waals surface area (Å²) in [6.45, 7) is 0.604. The fraction of sp³-hybridized carbons (Fsp3) is 0.400. The first-order valence-electron chi connectivity index (χ1n) is 4.66. The van der Waals surface area contributed by atoms with Crippen LogP contribution in [-0.4, -0.2) is 12.3 Å². The minimum atomic E-state index is -4.27. The molecule has 0 fully saturated rings. The molecule has 0 aliphatic carbocycles. The molecule has 0 saturated heterocycles. The number of benzene rings is 1. The van der Waals surface area contributed by atoms with E-state index in [4.69, 9.17) is 0 Å².